The van der Waals surface area contributed by atoms with Crippen LogP contribution in [-0.2, 0) is 4.74 Å². The quantitative estimate of drug-likeness (QED) is 0.608. The van der Waals surface area contributed by atoms with E-state index < -0.39 is 0 Å². The van der Waals surface area contributed by atoms with Crippen molar-refractivity contribution in [1.82, 2.24) is 0 Å². The molecule has 1 aromatic heterocycles. The van der Waals surface area contributed by atoms with Gasteiger partial charge in [0.2, 0.25) is 0 Å². The topological polar surface area (TPSA) is 52.3 Å². The highest BCUT2D eigenvalue weighted by atomic mass is 127. The monoisotopic (exact) mass is 401 g/mol. The van der Waals surface area contributed by atoms with Gasteiger partial charge in [-0.1, -0.05) is 26.0 Å². The Morgan fingerprint density at radius 1 is 1.30 bits per heavy atom. The molecule has 0 aliphatic carbocycles. The van der Waals surface area contributed by atoms with E-state index in [1.165, 1.54) is 22.0 Å². The van der Waals surface area contributed by atoms with Crippen molar-refractivity contribution in [3.8, 4) is 10.4 Å². The number of benzene rings is 1. The van der Waals surface area contributed by atoms with Gasteiger partial charge < -0.3 is 10.5 Å². The van der Waals surface area contributed by atoms with Crippen molar-refractivity contribution in [1.29, 1.82) is 0 Å². The number of halogens is 1. The number of carbonyl (C=O) groups is 1. The van der Waals surface area contributed by atoms with Crippen LogP contribution in [0.15, 0.2) is 24.3 Å². The summed E-state index contributed by atoms with van der Waals surface area (Å²) in [6.07, 6.45) is 0. The minimum Gasteiger partial charge on any atom is -0.465 e. The van der Waals surface area contributed by atoms with Crippen molar-refractivity contribution in [2.24, 2.45) is 0 Å². The van der Waals surface area contributed by atoms with Crippen molar-refractivity contribution in [2.45, 2.75) is 19.8 Å². The maximum Gasteiger partial charge on any atom is 0.350 e. The normalized spacial score (nSPS) is 10.8. The van der Waals surface area contributed by atoms with Gasteiger partial charge in [0.1, 0.15) is 4.88 Å². The number of thiophene rings is 1. The van der Waals surface area contributed by atoms with Crippen LogP contribution in [0.1, 0.15) is 35.0 Å². The molecule has 5 heteroatoms. The molecule has 0 fully saturated rings. The summed E-state index contributed by atoms with van der Waals surface area (Å²) in [5, 5.41) is 0. The zero-order chi connectivity index (χ0) is 14.9. The lowest BCUT2D eigenvalue weighted by atomic mass is 9.98. The van der Waals surface area contributed by atoms with E-state index in [0.29, 0.717) is 10.6 Å². The molecule has 0 saturated heterocycles. The van der Waals surface area contributed by atoms with Crippen LogP contribution in [0.2, 0.25) is 0 Å². The minimum absolute atomic E-state index is 0.249. The van der Waals surface area contributed by atoms with Gasteiger partial charge in [0.15, 0.2) is 0 Å². The van der Waals surface area contributed by atoms with Gasteiger partial charge >= 0.3 is 5.97 Å². The lowest BCUT2D eigenvalue weighted by Gasteiger charge is -2.09. The third-order valence-electron chi connectivity index (χ3n) is 3.04. The van der Waals surface area contributed by atoms with E-state index in [2.05, 4.69) is 48.6 Å². The molecule has 0 atom stereocenters. The highest BCUT2D eigenvalue weighted by Gasteiger charge is 2.23. The minimum atomic E-state index is -0.369. The number of esters is 1. The van der Waals surface area contributed by atoms with Crippen molar-refractivity contribution in [2.75, 3.05) is 12.8 Å². The van der Waals surface area contributed by atoms with Gasteiger partial charge in [0.25, 0.3) is 0 Å². The summed E-state index contributed by atoms with van der Waals surface area (Å²) < 4.78 is 5.99. The van der Waals surface area contributed by atoms with E-state index in [-0.39, 0.29) is 11.9 Å². The van der Waals surface area contributed by atoms with Crippen molar-refractivity contribution in [3.05, 3.63) is 38.3 Å². The molecule has 3 nitrogen and oxygen atoms in total. The number of nitrogens with two attached hydrogens (primary N) is 1. The molecule has 1 aromatic carbocycles. The van der Waals surface area contributed by atoms with Gasteiger partial charge in [-0.2, -0.15) is 0 Å². The first-order chi connectivity index (χ1) is 9.45. The first-order valence-electron chi connectivity index (χ1n) is 6.22. The van der Waals surface area contributed by atoms with E-state index >= 15 is 0 Å². The van der Waals surface area contributed by atoms with E-state index in [4.69, 9.17) is 10.5 Å². The number of hydrogen-bond acceptors (Lipinski definition) is 4. The van der Waals surface area contributed by atoms with Gasteiger partial charge in [0, 0.05) is 8.45 Å². The second-order valence-electron chi connectivity index (χ2n) is 4.74. The average Bonchev–Trinajstić information content (AvgIpc) is 2.76. The van der Waals surface area contributed by atoms with E-state index in [0.717, 1.165) is 16.0 Å². The Hall–Kier alpha value is -1.08. The molecule has 0 unspecified atom stereocenters. The highest BCUT2D eigenvalue weighted by molar-refractivity contribution is 14.1. The Morgan fingerprint density at radius 2 is 1.90 bits per heavy atom. The van der Waals surface area contributed by atoms with Crippen LogP contribution < -0.4 is 5.73 Å². The van der Waals surface area contributed by atoms with Gasteiger partial charge in [-0.3, -0.25) is 0 Å². The predicted octanol–water partition coefficient (Wildman–Crippen LogP) is 4.51. The Bertz CT molecular complexity index is 632. The Kier molecular flexibility index (Phi) is 4.70. The Morgan fingerprint density at radius 3 is 2.40 bits per heavy atom. The number of anilines is 1. The maximum absolute atomic E-state index is 11.8. The highest BCUT2D eigenvalue weighted by Crippen LogP contribution is 2.42. The Balaban J connectivity index is 2.62. The molecule has 0 spiro atoms. The third kappa shape index (κ3) is 2.83. The molecule has 20 heavy (non-hydrogen) atoms. The van der Waals surface area contributed by atoms with Crippen LogP contribution in [0.25, 0.3) is 10.4 Å². The lowest BCUT2D eigenvalue weighted by Crippen LogP contribution is -2.03. The molecule has 2 N–H and O–H groups in total. The molecule has 0 radical (unpaired) electrons. The van der Waals surface area contributed by atoms with Crippen molar-refractivity contribution < 1.29 is 9.53 Å². The third-order valence-corrected chi connectivity index (χ3v) is 5.01. The summed E-state index contributed by atoms with van der Waals surface area (Å²) in [5.41, 5.74) is 8.81. The van der Waals surface area contributed by atoms with Crippen LogP contribution in [0.5, 0.6) is 0 Å². The number of nitrogen functional groups attached to an aromatic ring is 1. The summed E-state index contributed by atoms with van der Waals surface area (Å²) in [4.78, 5) is 13.4. The van der Waals surface area contributed by atoms with Crippen molar-refractivity contribution >= 4 is 45.6 Å². The fraction of sp³-hybridized carbons (Fsp3) is 0.267. The molecule has 0 bridgehead atoms. The molecular weight excluding hydrogens is 385 g/mol. The molecule has 0 amide bonds. The zero-order valence-electron chi connectivity index (χ0n) is 11.6. The molecule has 1 heterocycles. The van der Waals surface area contributed by atoms with Gasteiger partial charge in [-0.05, 0) is 51.8 Å². The summed E-state index contributed by atoms with van der Waals surface area (Å²) in [7, 11) is 1.38. The predicted molar refractivity (Wildman–Crippen MR) is 92.3 cm³/mol. The van der Waals surface area contributed by atoms with Gasteiger partial charge in [0.05, 0.1) is 12.8 Å². The summed E-state index contributed by atoms with van der Waals surface area (Å²) in [6, 6.07) is 8.21. The fourth-order valence-corrected chi connectivity index (χ4v) is 3.75. The smallest absolute Gasteiger partial charge is 0.350 e. The number of hydrogen-bond donors (Lipinski definition) is 1. The summed E-state index contributed by atoms with van der Waals surface area (Å²) in [5.74, 6) is -0.120. The molecule has 2 rings (SSSR count). The first kappa shape index (κ1) is 15.3. The van der Waals surface area contributed by atoms with Gasteiger partial charge in [-0.25, -0.2) is 4.79 Å². The molecule has 0 aliphatic heterocycles. The molecular formula is C15H16INO2S. The lowest BCUT2D eigenvalue weighted by molar-refractivity contribution is 0.0607. The second-order valence-corrected chi connectivity index (χ2v) is 7.01. The zero-order valence-corrected chi connectivity index (χ0v) is 14.5. The largest absolute Gasteiger partial charge is 0.465 e. The van der Waals surface area contributed by atoms with Crippen LogP contribution in [0.4, 0.5) is 5.69 Å². The Labute approximate surface area is 136 Å². The standard InChI is InChI=1S/C15H16INO2S/c1-8(2)11-12(17)14(15(18)19-3)20-13(11)9-4-6-10(16)7-5-9/h4-8H,17H2,1-3H3. The number of ether oxygens (including phenoxy) is 1. The number of methoxy groups -OCH3 is 1. The van der Waals surface area contributed by atoms with Crippen molar-refractivity contribution in [3.63, 3.8) is 0 Å². The second kappa shape index (κ2) is 6.13. The van der Waals surface area contributed by atoms with Crippen LogP contribution in [-0.4, -0.2) is 13.1 Å². The van der Waals surface area contributed by atoms with Crippen LogP contribution in [0.3, 0.4) is 0 Å². The van der Waals surface area contributed by atoms with Crippen LogP contribution in [0, 0.1) is 3.57 Å². The maximum atomic E-state index is 11.8. The summed E-state index contributed by atoms with van der Waals surface area (Å²) in [6.45, 7) is 4.16. The number of rotatable bonds is 3. The molecule has 0 saturated carbocycles. The van der Waals surface area contributed by atoms with E-state index in [1.807, 2.05) is 12.1 Å². The first-order valence-corrected chi connectivity index (χ1v) is 8.11. The average molecular weight is 401 g/mol. The SMILES string of the molecule is COC(=O)c1sc(-c2ccc(I)cc2)c(C(C)C)c1N. The fourth-order valence-electron chi connectivity index (χ4n) is 2.09. The summed E-state index contributed by atoms with van der Waals surface area (Å²) >= 11 is 3.68. The van der Waals surface area contributed by atoms with Crippen LogP contribution >= 0.6 is 33.9 Å². The van der Waals surface area contributed by atoms with E-state index in [9.17, 15) is 4.79 Å². The van der Waals surface area contributed by atoms with E-state index in [1.54, 1.807) is 0 Å². The molecule has 0 aliphatic rings. The molecule has 106 valence electrons. The molecule has 2 aromatic rings. The van der Waals surface area contributed by atoms with Gasteiger partial charge in [-0.15, -0.1) is 11.3 Å². The number of carbonyl (C=O) groups excluding carboxylic acids is 1.